The molecular weight excluding hydrogens is 266 g/mol. The molecule has 0 radical (unpaired) electrons. The zero-order valence-electron chi connectivity index (χ0n) is 10.7. The normalized spacial score (nSPS) is 16.8. The second kappa shape index (κ2) is 6.80. The first-order chi connectivity index (χ1) is 8.69. The number of aliphatic hydroxyl groups is 1. The van der Waals surface area contributed by atoms with Gasteiger partial charge in [0.15, 0.2) is 0 Å². The fourth-order valence-electron chi connectivity index (χ4n) is 1.64. The second-order valence-electron chi connectivity index (χ2n) is 5.01. The third kappa shape index (κ3) is 4.47. The smallest absolute Gasteiger partial charge is 0.0464 e. The van der Waals surface area contributed by atoms with Crippen molar-refractivity contribution in [1.82, 2.24) is 5.32 Å². The van der Waals surface area contributed by atoms with Crippen molar-refractivity contribution in [3.8, 4) is 0 Å². The molecule has 0 saturated heterocycles. The van der Waals surface area contributed by atoms with E-state index in [0.717, 1.165) is 23.4 Å². The van der Waals surface area contributed by atoms with Crippen molar-refractivity contribution in [3.05, 3.63) is 28.8 Å². The molecule has 1 aromatic rings. The number of aliphatic hydroxyl groups excluding tert-OH is 1. The molecule has 0 bridgehead atoms. The van der Waals surface area contributed by atoms with Crippen molar-refractivity contribution >= 4 is 23.4 Å². The van der Waals surface area contributed by atoms with Crippen LogP contribution in [0.3, 0.4) is 0 Å². The van der Waals surface area contributed by atoms with Gasteiger partial charge in [-0.15, -0.1) is 11.8 Å². The van der Waals surface area contributed by atoms with Crippen LogP contribution in [0.5, 0.6) is 0 Å². The molecule has 1 saturated carbocycles. The van der Waals surface area contributed by atoms with E-state index in [2.05, 4.69) is 18.3 Å². The van der Waals surface area contributed by atoms with E-state index < -0.39 is 0 Å². The monoisotopic (exact) mass is 285 g/mol. The van der Waals surface area contributed by atoms with Crippen LogP contribution in [-0.4, -0.2) is 23.5 Å². The minimum absolute atomic E-state index is 0.239. The van der Waals surface area contributed by atoms with Crippen molar-refractivity contribution in [2.24, 2.45) is 5.92 Å². The van der Waals surface area contributed by atoms with Crippen molar-refractivity contribution in [1.29, 1.82) is 0 Å². The van der Waals surface area contributed by atoms with Gasteiger partial charge in [0, 0.05) is 34.9 Å². The Bertz CT molecular complexity index is 395. The molecule has 1 aliphatic carbocycles. The highest BCUT2D eigenvalue weighted by Gasteiger charge is 2.20. The van der Waals surface area contributed by atoms with Crippen LogP contribution < -0.4 is 5.32 Å². The average molecular weight is 286 g/mol. The molecule has 0 amide bonds. The van der Waals surface area contributed by atoms with Gasteiger partial charge in [-0.3, -0.25) is 0 Å². The quantitative estimate of drug-likeness (QED) is 0.754. The first-order valence-electron chi connectivity index (χ1n) is 6.44. The number of halogens is 1. The molecule has 1 atom stereocenters. The molecule has 2 N–H and O–H groups in total. The highest BCUT2D eigenvalue weighted by molar-refractivity contribution is 7.99. The molecule has 18 heavy (non-hydrogen) atoms. The lowest BCUT2D eigenvalue weighted by molar-refractivity contribution is 0.250. The SMILES string of the molecule is CC(CO)CSc1cc(Cl)ccc1CNC1CC1. The summed E-state index contributed by atoms with van der Waals surface area (Å²) in [6, 6.07) is 6.80. The van der Waals surface area contributed by atoms with Crippen LogP contribution in [0.4, 0.5) is 0 Å². The lowest BCUT2D eigenvalue weighted by Gasteiger charge is -2.12. The van der Waals surface area contributed by atoms with Gasteiger partial charge in [0.1, 0.15) is 0 Å². The summed E-state index contributed by atoms with van der Waals surface area (Å²) in [6.45, 7) is 3.21. The van der Waals surface area contributed by atoms with Crippen molar-refractivity contribution in [2.75, 3.05) is 12.4 Å². The number of hydrogen-bond donors (Lipinski definition) is 2. The number of thioether (sulfide) groups is 1. The third-order valence-corrected chi connectivity index (χ3v) is 4.68. The maximum atomic E-state index is 9.07. The number of benzene rings is 1. The lowest BCUT2D eigenvalue weighted by Crippen LogP contribution is -2.16. The van der Waals surface area contributed by atoms with E-state index in [1.54, 1.807) is 11.8 Å². The minimum atomic E-state index is 0.239. The molecule has 4 heteroatoms. The molecule has 0 aromatic heterocycles. The predicted molar refractivity (Wildman–Crippen MR) is 78.3 cm³/mol. The van der Waals surface area contributed by atoms with Crippen LogP contribution in [0, 0.1) is 5.92 Å². The molecule has 100 valence electrons. The maximum Gasteiger partial charge on any atom is 0.0464 e. The first kappa shape index (κ1) is 14.2. The molecule has 0 aliphatic heterocycles. The Morgan fingerprint density at radius 1 is 1.50 bits per heavy atom. The Kier molecular flexibility index (Phi) is 5.37. The van der Waals surface area contributed by atoms with Crippen molar-refractivity contribution in [2.45, 2.75) is 37.2 Å². The lowest BCUT2D eigenvalue weighted by atomic mass is 10.2. The zero-order chi connectivity index (χ0) is 13.0. The fourth-order valence-corrected chi connectivity index (χ4v) is 2.98. The molecule has 1 aliphatic rings. The van der Waals surface area contributed by atoms with Crippen LogP contribution in [0.2, 0.25) is 5.02 Å². The van der Waals surface area contributed by atoms with Gasteiger partial charge < -0.3 is 10.4 Å². The molecule has 2 rings (SSSR count). The Morgan fingerprint density at radius 2 is 2.28 bits per heavy atom. The molecule has 2 nitrogen and oxygen atoms in total. The summed E-state index contributed by atoms with van der Waals surface area (Å²) in [5.74, 6) is 1.24. The second-order valence-corrected chi connectivity index (χ2v) is 6.50. The topological polar surface area (TPSA) is 32.3 Å². The summed E-state index contributed by atoms with van der Waals surface area (Å²) in [5.41, 5.74) is 1.31. The van der Waals surface area contributed by atoms with Gasteiger partial charge in [-0.25, -0.2) is 0 Å². The van der Waals surface area contributed by atoms with Crippen molar-refractivity contribution < 1.29 is 5.11 Å². The van der Waals surface area contributed by atoms with Crippen LogP contribution in [0.1, 0.15) is 25.3 Å². The highest BCUT2D eigenvalue weighted by Crippen LogP contribution is 2.29. The van der Waals surface area contributed by atoms with Gasteiger partial charge in [-0.05, 0) is 36.5 Å². The van der Waals surface area contributed by atoms with Gasteiger partial charge in [-0.1, -0.05) is 24.6 Å². The number of rotatable bonds is 7. The van der Waals surface area contributed by atoms with Crippen molar-refractivity contribution in [3.63, 3.8) is 0 Å². The van der Waals surface area contributed by atoms with E-state index in [0.29, 0.717) is 5.92 Å². The Hall–Kier alpha value is -0.220. The van der Waals surface area contributed by atoms with Gasteiger partial charge in [0.05, 0.1) is 0 Å². The largest absolute Gasteiger partial charge is 0.396 e. The van der Waals surface area contributed by atoms with Crippen LogP contribution >= 0.6 is 23.4 Å². The predicted octanol–water partition coefficient (Wildman–Crippen LogP) is 3.31. The standard InChI is InChI=1S/C14H20ClNOS/c1-10(8-17)9-18-14-6-12(15)3-2-11(14)7-16-13-4-5-13/h2-3,6,10,13,16-17H,4-5,7-9H2,1H3. The molecule has 1 aromatic carbocycles. The minimum Gasteiger partial charge on any atom is -0.396 e. The van der Waals surface area contributed by atoms with Gasteiger partial charge in [0.25, 0.3) is 0 Å². The summed E-state index contributed by atoms with van der Waals surface area (Å²) in [5, 5.41) is 13.4. The summed E-state index contributed by atoms with van der Waals surface area (Å²) in [7, 11) is 0. The van der Waals surface area contributed by atoms with Gasteiger partial charge >= 0.3 is 0 Å². The summed E-state index contributed by atoms with van der Waals surface area (Å²) < 4.78 is 0. The van der Waals surface area contributed by atoms with Crippen LogP contribution in [0.25, 0.3) is 0 Å². The zero-order valence-corrected chi connectivity index (χ0v) is 12.2. The maximum absolute atomic E-state index is 9.07. The van der Waals surface area contributed by atoms with E-state index in [-0.39, 0.29) is 6.61 Å². The molecule has 0 spiro atoms. The van der Waals surface area contributed by atoms with E-state index in [9.17, 15) is 0 Å². The molecule has 1 fully saturated rings. The van der Waals surface area contributed by atoms with Crippen LogP contribution in [0.15, 0.2) is 23.1 Å². The van der Waals surface area contributed by atoms with E-state index >= 15 is 0 Å². The highest BCUT2D eigenvalue weighted by atomic mass is 35.5. The number of hydrogen-bond acceptors (Lipinski definition) is 3. The molecule has 0 heterocycles. The Morgan fingerprint density at radius 3 is 2.94 bits per heavy atom. The van der Waals surface area contributed by atoms with E-state index in [4.69, 9.17) is 16.7 Å². The van der Waals surface area contributed by atoms with E-state index in [1.807, 2.05) is 12.1 Å². The molecular formula is C14H20ClNOS. The Balaban J connectivity index is 1.97. The summed E-state index contributed by atoms with van der Waals surface area (Å²) in [4.78, 5) is 1.23. The third-order valence-electron chi connectivity index (χ3n) is 3.02. The number of nitrogens with one attached hydrogen (secondary N) is 1. The van der Waals surface area contributed by atoms with Gasteiger partial charge in [0.2, 0.25) is 0 Å². The summed E-state index contributed by atoms with van der Waals surface area (Å²) in [6.07, 6.45) is 2.61. The first-order valence-corrected chi connectivity index (χ1v) is 7.81. The fraction of sp³-hybridized carbons (Fsp3) is 0.571. The summed E-state index contributed by atoms with van der Waals surface area (Å²) >= 11 is 7.84. The van der Waals surface area contributed by atoms with Crippen LogP contribution in [-0.2, 0) is 6.54 Å². The van der Waals surface area contributed by atoms with Gasteiger partial charge in [-0.2, -0.15) is 0 Å². The average Bonchev–Trinajstić information content (AvgIpc) is 3.18. The molecule has 1 unspecified atom stereocenters. The Labute approximate surface area is 118 Å². The van der Waals surface area contributed by atoms with E-state index in [1.165, 1.54) is 23.3 Å².